The predicted octanol–water partition coefficient (Wildman–Crippen LogP) is 4.73. The Bertz CT molecular complexity index is 954. The van der Waals surface area contributed by atoms with Crippen LogP contribution in [0.15, 0.2) is 89.9 Å². The van der Waals surface area contributed by atoms with Crippen LogP contribution in [0.1, 0.15) is 28.4 Å². The molecule has 28 heavy (non-hydrogen) atoms. The summed E-state index contributed by atoms with van der Waals surface area (Å²) in [5, 5.41) is 0. The van der Waals surface area contributed by atoms with E-state index in [0.29, 0.717) is 17.8 Å². The van der Waals surface area contributed by atoms with E-state index in [-0.39, 0.29) is 18.4 Å². The molecule has 0 saturated carbocycles. The second-order valence-corrected chi connectivity index (χ2v) is 6.45. The van der Waals surface area contributed by atoms with E-state index in [0.717, 1.165) is 17.1 Å². The van der Waals surface area contributed by atoms with Crippen LogP contribution in [0.5, 0.6) is 11.5 Å². The largest absolute Gasteiger partial charge is 0.457 e. The van der Waals surface area contributed by atoms with Gasteiger partial charge < -0.3 is 4.74 Å². The third-order valence-electron chi connectivity index (χ3n) is 4.44. The highest BCUT2D eigenvalue weighted by atomic mass is 16.7. The molecule has 1 saturated heterocycles. The fraction of sp³-hybridized carbons (Fsp3) is 0.130. The average molecular weight is 372 g/mol. The van der Waals surface area contributed by atoms with Crippen LogP contribution in [-0.2, 0) is 4.84 Å². The van der Waals surface area contributed by atoms with Gasteiger partial charge in [0.05, 0.1) is 0 Å². The molecule has 0 radical (unpaired) electrons. The monoisotopic (exact) mass is 372 g/mol. The predicted molar refractivity (Wildman–Crippen MR) is 108 cm³/mol. The van der Waals surface area contributed by atoms with Gasteiger partial charge in [-0.2, -0.15) is 0 Å². The summed E-state index contributed by atoms with van der Waals surface area (Å²) in [6.07, 6.45) is 0.456. The second kappa shape index (κ2) is 8.50. The molecule has 3 aromatic rings. The van der Waals surface area contributed by atoms with Crippen LogP contribution in [0.4, 0.5) is 0 Å². The summed E-state index contributed by atoms with van der Waals surface area (Å²) in [6.45, 7) is 0.103. The smallest absolute Gasteiger partial charge is 0.184 e. The molecule has 0 bridgehead atoms. The van der Waals surface area contributed by atoms with Crippen molar-refractivity contribution in [2.75, 3.05) is 6.54 Å². The third-order valence-corrected chi connectivity index (χ3v) is 4.44. The van der Waals surface area contributed by atoms with Crippen molar-refractivity contribution in [3.8, 4) is 11.5 Å². The highest BCUT2D eigenvalue weighted by molar-refractivity contribution is 5.99. The quantitative estimate of drug-likeness (QED) is 0.636. The zero-order valence-corrected chi connectivity index (χ0v) is 15.2. The van der Waals surface area contributed by atoms with Gasteiger partial charge in [-0.1, -0.05) is 60.7 Å². The van der Waals surface area contributed by atoms with E-state index in [2.05, 4.69) is 10.5 Å². The number of rotatable bonds is 6. The van der Waals surface area contributed by atoms with Crippen molar-refractivity contribution >= 4 is 11.6 Å². The first kappa shape index (κ1) is 17.9. The SMILES string of the molecule is O=C(CN=C1C[C@@H](c2ccc(Oc3ccccc3)cc2)ON1)c1ccccc1. The summed E-state index contributed by atoms with van der Waals surface area (Å²) in [5.41, 5.74) is 4.52. The number of hydrogen-bond acceptors (Lipinski definition) is 4. The highest BCUT2D eigenvalue weighted by Crippen LogP contribution is 2.28. The van der Waals surface area contributed by atoms with Gasteiger partial charge in [0.15, 0.2) is 5.78 Å². The lowest BCUT2D eigenvalue weighted by Crippen LogP contribution is -2.15. The molecule has 5 nitrogen and oxygen atoms in total. The van der Waals surface area contributed by atoms with Crippen molar-refractivity contribution in [2.24, 2.45) is 4.99 Å². The fourth-order valence-electron chi connectivity index (χ4n) is 2.94. The molecule has 3 aromatic carbocycles. The maximum atomic E-state index is 12.2. The Morgan fingerprint density at radius 2 is 1.57 bits per heavy atom. The minimum atomic E-state index is -0.142. The molecule has 0 aliphatic carbocycles. The van der Waals surface area contributed by atoms with Gasteiger partial charge in [0.1, 0.15) is 30.0 Å². The van der Waals surface area contributed by atoms with E-state index in [9.17, 15) is 4.79 Å². The standard InChI is InChI=1S/C23H20N2O3/c26-21(17-7-3-1-4-8-17)16-24-23-15-22(28-25-23)18-11-13-20(14-12-18)27-19-9-5-2-6-10-19/h1-14,22H,15-16H2,(H,24,25)/t22-/m0/s1. The van der Waals surface area contributed by atoms with Crippen molar-refractivity contribution < 1.29 is 14.4 Å². The molecule has 0 unspecified atom stereocenters. The van der Waals surface area contributed by atoms with Gasteiger partial charge in [-0.3, -0.25) is 20.1 Å². The first-order valence-corrected chi connectivity index (χ1v) is 9.14. The first-order valence-electron chi connectivity index (χ1n) is 9.14. The Hall–Kier alpha value is -3.44. The lowest BCUT2D eigenvalue weighted by atomic mass is 10.1. The van der Waals surface area contributed by atoms with Gasteiger partial charge in [-0.25, -0.2) is 0 Å². The fourth-order valence-corrected chi connectivity index (χ4v) is 2.94. The van der Waals surface area contributed by atoms with Crippen LogP contribution < -0.4 is 10.2 Å². The Morgan fingerprint density at radius 1 is 0.929 bits per heavy atom. The summed E-state index contributed by atoms with van der Waals surface area (Å²) >= 11 is 0. The lowest BCUT2D eigenvalue weighted by molar-refractivity contribution is 0.0448. The summed E-state index contributed by atoms with van der Waals surface area (Å²) < 4.78 is 5.81. The molecule has 0 aromatic heterocycles. The van der Waals surface area contributed by atoms with Crippen molar-refractivity contribution in [1.29, 1.82) is 0 Å². The topological polar surface area (TPSA) is 59.9 Å². The van der Waals surface area contributed by atoms with E-state index in [1.807, 2.05) is 72.8 Å². The van der Waals surface area contributed by atoms with E-state index in [4.69, 9.17) is 9.57 Å². The number of nitrogens with one attached hydrogen (secondary N) is 1. The van der Waals surface area contributed by atoms with Crippen molar-refractivity contribution in [1.82, 2.24) is 5.48 Å². The number of amidine groups is 1. The zero-order chi connectivity index (χ0) is 19.2. The molecule has 0 spiro atoms. The Morgan fingerprint density at radius 3 is 2.29 bits per heavy atom. The number of nitrogens with zero attached hydrogens (tertiary/aromatic N) is 1. The van der Waals surface area contributed by atoms with E-state index < -0.39 is 0 Å². The number of carbonyl (C=O) groups is 1. The molecule has 1 atom stereocenters. The van der Waals surface area contributed by atoms with Crippen molar-refractivity contribution in [3.63, 3.8) is 0 Å². The van der Waals surface area contributed by atoms with Crippen LogP contribution in [0.3, 0.4) is 0 Å². The van der Waals surface area contributed by atoms with E-state index in [1.54, 1.807) is 12.1 Å². The van der Waals surface area contributed by atoms with E-state index in [1.165, 1.54) is 0 Å². The van der Waals surface area contributed by atoms with Crippen LogP contribution in [-0.4, -0.2) is 18.2 Å². The molecule has 1 heterocycles. The molecule has 1 N–H and O–H groups in total. The van der Waals surface area contributed by atoms with Gasteiger partial charge in [0, 0.05) is 12.0 Å². The van der Waals surface area contributed by atoms with Crippen LogP contribution in [0.25, 0.3) is 0 Å². The van der Waals surface area contributed by atoms with Crippen LogP contribution in [0.2, 0.25) is 0 Å². The summed E-state index contributed by atoms with van der Waals surface area (Å²) in [6, 6.07) is 26.6. The Kier molecular flexibility index (Phi) is 5.45. The number of hydroxylamine groups is 1. The van der Waals surface area contributed by atoms with Crippen molar-refractivity contribution in [2.45, 2.75) is 12.5 Å². The molecule has 1 aliphatic heterocycles. The maximum Gasteiger partial charge on any atom is 0.184 e. The van der Waals surface area contributed by atoms with Crippen LogP contribution >= 0.6 is 0 Å². The molecular weight excluding hydrogens is 352 g/mol. The normalized spacial score (nSPS) is 17.3. The summed E-state index contributed by atoms with van der Waals surface area (Å²) in [4.78, 5) is 22.1. The zero-order valence-electron chi connectivity index (χ0n) is 15.2. The number of carbonyl (C=O) groups excluding carboxylic acids is 1. The van der Waals surface area contributed by atoms with Crippen LogP contribution in [0, 0.1) is 0 Å². The summed E-state index contributed by atoms with van der Waals surface area (Å²) in [7, 11) is 0. The second-order valence-electron chi connectivity index (χ2n) is 6.45. The molecule has 1 fully saturated rings. The molecule has 5 heteroatoms. The third kappa shape index (κ3) is 4.45. The number of para-hydroxylation sites is 1. The number of hydrogen-bond donors (Lipinski definition) is 1. The number of Topliss-reactive ketones (excluding diaryl/α,β-unsaturated/α-hetero) is 1. The molecule has 140 valence electrons. The van der Waals surface area contributed by atoms with Crippen molar-refractivity contribution in [3.05, 3.63) is 96.1 Å². The summed E-state index contributed by atoms with van der Waals surface area (Å²) in [5.74, 6) is 2.23. The number of benzene rings is 3. The molecule has 1 aliphatic rings. The molecule has 0 amide bonds. The Balaban J connectivity index is 1.34. The van der Waals surface area contributed by atoms with Gasteiger partial charge in [-0.15, -0.1) is 0 Å². The number of aliphatic imine (C=N–C) groups is 1. The molecular formula is C23H20N2O3. The van der Waals surface area contributed by atoms with Gasteiger partial charge in [0.2, 0.25) is 0 Å². The first-order chi connectivity index (χ1) is 13.8. The lowest BCUT2D eigenvalue weighted by Gasteiger charge is -2.09. The average Bonchev–Trinajstić information content (AvgIpc) is 3.23. The minimum absolute atomic E-state index is 0.0132. The minimum Gasteiger partial charge on any atom is -0.457 e. The Labute approximate surface area is 163 Å². The van der Waals surface area contributed by atoms with E-state index >= 15 is 0 Å². The number of ketones is 1. The van der Waals surface area contributed by atoms with Gasteiger partial charge in [-0.05, 0) is 29.8 Å². The molecule has 4 rings (SSSR count). The highest BCUT2D eigenvalue weighted by Gasteiger charge is 2.23. The van der Waals surface area contributed by atoms with Gasteiger partial charge in [0.25, 0.3) is 0 Å². The maximum absolute atomic E-state index is 12.2. The van der Waals surface area contributed by atoms with Gasteiger partial charge >= 0.3 is 0 Å². The number of ether oxygens (including phenoxy) is 1.